The van der Waals surface area contributed by atoms with Crippen molar-refractivity contribution >= 4 is 29.3 Å². The summed E-state index contributed by atoms with van der Waals surface area (Å²) < 4.78 is 13.4. The van der Waals surface area contributed by atoms with Crippen molar-refractivity contribution in [2.75, 3.05) is 5.32 Å². The van der Waals surface area contributed by atoms with Crippen LogP contribution in [0.15, 0.2) is 18.2 Å². The molecule has 0 aliphatic heterocycles. The average Bonchev–Trinajstić information content (AvgIpc) is 2.32. The SMILES string of the molecule is CC(C)C(CC(=O)O)NC(=O)Nc1cc(Cl)ccc1F. The maximum atomic E-state index is 13.4. The van der Waals surface area contributed by atoms with E-state index < -0.39 is 23.9 Å². The van der Waals surface area contributed by atoms with E-state index in [1.807, 2.05) is 0 Å². The number of hydrogen-bond donors (Lipinski definition) is 3. The molecule has 0 aliphatic carbocycles. The van der Waals surface area contributed by atoms with Gasteiger partial charge in [-0.05, 0) is 24.1 Å². The highest BCUT2D eigenvalue weighted by atomic mass is 35.5. The van der Waals surface area contributed by atoms with Crippen LogP contribution in [0.2, 0.25) is 5.02 Å². The fourth-order valence-electron chi connectivity index (χ4n) is 1.56. The van der Waals surface area contributed by atoms with E-state index in [2.05, 4.69) is 10.6 Å². The minimum Gasteiger partial charge on any atom is -0.481 e. The maximum absolute atomic E-state index is 13.4. The summed E-state index contributed by atoms with van der Waals surface area (Å²) in [7, 11) is 0. The molecule has 0 aromatic heterocycles. The molecule has 3 N–H and O–H groups in total. The van der Waals surface area contributed by atoms with Crippen molar-refractivity contribution < 1.29 is 19.1 Å². The Morgan fingerprint density at radius 3 is 2.60 bits per heavy atom. The van der Waals surface area contributed by atoms with Gasteiger partial charge in [-0.3, -0.25) is 4.79 Å². The second kappa shape index (κ2) is 7.09. The van der Waals surface area contributed by atoms with Crippen molar-refractivity contribution in [1.82, 2.24) is 5.32 Å². The van der Waals surface area contributed by atoms with Crippen LogP contribution in [0.5, 0.6) is 0 Å². The average molecular weight is 303 g/mol. The van der Waals surface area contributed by atoms with E-state index in [1.165, 1.54) is 12.1 Å². The summed E-state index contributed by atoms with van der Waals surface area (Å²) in [6, 6.07) is 2.55. The van der Waals surface area contributed by atoms with E-state index in [-0.39, 0.29) is 23.0 Å². The summed E-state index contributed by atoms with van der Waals surface area (Å²) in [6.45, 7) is 3.57. The van der Waals surface area contributed by atoms with Gasteiger partial charge in [0, 0.05) is 11.1 Å². The Morgan fingerprint density at radius 1 is 1.40 bits per heavy atom. The van der Waals surface area contributed by atoms with Gasteiger partial charge in [-0.25, -0.2) is 9.18 Å². The van der Waals surface area contributed by atoms with E-state index in [0.717, 1.165) is 6.07 Å². The molecule has 0 saturated heterocycles. The second-order valence-electron chi connectivity index (χ2n) is 4.67. The Morgan fingerprint density at radius 2 is 2.05 bits per heavy atom. The number of rotatable bonds is 5. The topological polar surface area (TPSA) is 78.4 Å². The number of benzene rings is 1. The van der Waals surface area contributed by atoms with Crippen LogP contribution in [0.4, 0.5) is 14.9 Å². The summed E-state index contributed by atoms with van der Waals surface area (Å²) in [4.78, 5) is 22.5. The van der Waals surface area contributed by atoms with E-state index in [4.69, 9.17) is 16.7 Å². The number of carbonyl (C=O) groups excluding carboxylic acids is 1. The molecule has 1 atom stereocenters. The number of halogens is 2. The molecule has 0 saturated carbocycles. The normalized spacial score (nSPS) is 12.1. The van der Waals surface area contributed by atoms with Crippen molar-refractivity contribution in [2.45, 2.75) is 26.3 Å². The zero-order valence-electron chi connectivity index (χ0n) is 11.1. The lowest BCUT2D eigenvalue weighted by atomic mass is 10.0. The highest BCUT2D eigenvalue weighted by Gasteiger charge is 2.19. The third-order valence-corrected chi connectivity index (χ3v) is 2.93. The molecular formula is C13H16ClFN2O3. The summed E-state index contributed by atoms with van der Waals surface area (Å²) in [5.41, 5.74) is -0.0622. The van der Waals surface area contributed by atoms with Crippen LogP contribution in [-0.2, 0) is 4.79 Å². The van der Waals surface area contributed by atoms with Gasteiger partial charge in [-0.15, -0.1) is 0 Å². The van der Waals surface area contributed by atoms with Crippen molar-refractivity contribution in [3.8, 4) is 0 Å². The zero-order valence-corrected chi connectivity index (χ0v) is 11.9. The monoisotopic (exact) mass is 302 g/mol. The molecule has 1 unspecified atom stereocenters. The molecule has 1 rings (SSSR count). The molecule has 110 valence electrons. The molecular weight excluding hydrogens is 287 g/mol. The van der Waals surface area contributed by atoms with Gasteiger partial charge < -0.3 is 15.7 Å². The molecule has 7 heteroatoms. The molecule has 2 amide bonds. The Labute approximate surface area is 121 Å². The predicted octanol–water partition coefficient (Wildman–Crippen LogP) is 3.10. The molecule has 0 radical (unpaired) electrons. The van der Waals surface area contributed by atoms with Gasteiger partial charge >= 0.3 is 12.0 Å². The Balaban J connectivity index is 2.70. The van der Waals surface area contributed by atoms with Gasteiger partial charge in [0.05, 0.1) is 12.1 Å². The van der Waals surface area contributed by atoms with Crippen molar-refractivity contribution in [3.05, 3.63) is 29.0 Å². The van der Waals surface area contributed by atoms with Crippen molar-refractivity contribution in [3.63, 3.8) is 0 Å². The molecule has 0 aliphatic rings. The number of carboxylic acid groups (broad SMARTS) is 1. The molecule has 0 heterocycles. The highest BCUT2D eigenvalue weighted by Crippen LogP contribution is 2.19. The largest absolute Gasteiger partial charge is 0.481 e. The van der Waals surface area contributed by atoms with Gasteiger partial charge in [0.1, 0.15) is 5.82 Å². The smallest absolute Gasteiger partial charge is 0.319 e. The fraction of sp³-hybridized carbons (Fsp3) is 0.385. The minimum atomic E-state index is -1.02. The molecule has 20 heavy (non-hydrogen) atoms. The third-order valence-electron chi connectivity index (χ3n) is 2.69. The molecule has 1 aromatic carbocycles. The number of aliphatic carboxylic acids is 1. The minimum absolute atomic E-state index is 0.0622. The maximum Gasteiger partial charge on any atom is 0.319 e. The van der Waals surface area contributed by atoms with Gasteiger partial charge in [0.15, 0.2) is 0 Å². The number of urea groups is 1. The highest BCUT2D eigenvalue weighted by molar-refractivity contribution is 6.30. The summed E-state index contributed by atoms with van der Waals surface area (Å²) in [5, 5.41) is 13.9. The van der Waals surface area contributed by atoms with Crippen LogP contribution < -0.4 is 10.6 Å². The van der Waals surface area contributed by atoms with E-state index in [9.17, 15) is 14.0 Å². The Kier molecular flexibility index (Phi) is 5.76. The lowest BCUT2D eigenvalue weighted by Crippen LogP contribution is -2.42. The van der Waals surface area contributed by atoms with Crippen molar-refractivity contribution in [2.24, 2.45) is 5.92 Å². The molecule has 0 spiro atoms. The molecule has 1 aromatic rings. The lowest BCUT2D eigenvalue weighted by molar-refractivity contribution is -0.137. The third kappa shape index (κ3) is 5.05. The van der Waals surface area contributed by atoms with Crippen LogP contribution in [0.25, 0.3) is 0 Å². The first-order chi connectivity index (χ1) is 9.29. The molecule has 5 nitrogen and oxygen atoms in total. The predicted molar refractivity (Wildman–Crippen MR) is 74.4 cm³/mol. The van der Waals surface area contributed by atoms with Gasteiger partial charge in [0.2, 0.25) is 0 Å². The van der Waals surface area contributed by atoms with Gasteiger partial charge in [0.25, 0.3) is 0 Å². The van der Waals surface area contributed by atoms with Crippen LogP contribution in [0.3, 0.4) is 0 Å². The van der Waals surface area contributed by atoms with Crippen LogP contribution in [-0.4, -0.2) is 23.1 Å². The van der Waals surface area contributed by atoms with E-state index in [0.29, 0.717) is 0 Å². The van der Waals surface area contributed by atoms with Gasteiger partial charge in [-0.2, -0.15) is 0 Å². The van der Waals surface area contributed by atoms with Crippen LogP contribution in [0.1, 0.15) is 20.3 Å². The quantitative estimate of drug-likeness (QED) is 0.782. The number of anilines is 1. The number of carbonyl (C=O) groups is 2. The number of amides is 2. The van der Waals surface area contributed by atoms with Crippen LogP contribution >= 0.6 is 11.6 Å². The first kappa shape index (κ1) is 16.2. The number of hydrogen-bond acceptors (Lipinski definition) is 2. The summed E-state index contributed by atoms with van der Waals surface area (Å²) in [5.74, 6) is -1.71. The zero-order chi connectivity index (χ0) is 15.3. The number of carboxylic acids is 1. The summed E-state index contributed by atoms with van der Waals surface area (Å²) >= 11 is 5.71. The van der Waals surface area contributed by atoms with E-state index in [1.54, 1.807) is 13.8 Å². The van der Waals surface area contributed by atoms with Crippen LogP contribution in [0, 0.1) is 11.7 Å². The standard InChI is InChI=1S/C13H16ClFN2O3/c1-7(2)10(6-12(18)19)16-13(20)17-11-5-8(14)3-4-9(11)15/h3-5,7,10H,6H2,1-2H3,(H,18,19)(H2,16,17,20). The lowest BCUT2D eigenvalue weighted by Gasteiger charge is -2.21. The number of nitrogens with one attached hydrogen (secondary N) is 2. The fourth-order valence-corrected chi connectivity index (χ4v) is 1.73. The van der Waals surface area contributed by atoms with E-state index >= 15 is 0 Å². The van der Waals surface area contributed by atoms with Crippen molar-refractivity contribution in [1.29, 1.82) is 0 Å². The first-order valence-electron chi connectivity index (χ1n) is 6.04. The Bertz CT molecular complexity index is 508. The summed E-state index contributed by atoms with van der Waals surface area (Å²) in [6.07, 6.45) is -0.205. The Hall–Kier alpha value is -1.82. The molecule has 0 bridgehead atoms. The van der Waals surface area contributed by atoms with Gasteiger partial charge in [-0.1, -0.05) is 25.4 Å². The molecule has 0 fully saturated rings. The second-order valence-corrected chi connectivity index (χ2v) is 5.11. The first-order valence-corrected chi connectivity index (χ1v) is 6.41.